The largest absolute Gasteiger partial charge is 0.477 e. The molecule has 1 aromatic rings. The Morgan fingerprint density at radius 2 is 2.13 bits per heavy atom. The van der Waals surface area contributed by atoms with E-state index < -0.39 is 23.2 Å². The molecule has 1 aromatic carbocycles. The first-order valence-corrected chi connectivity index (χ1v) is 4.15. The predicted octanol–water partition coefficient (Wildman–Crippen LogP) is 1.63. The molecule has 0 fully saturated rings. The number of carboxylic acid groups (broad SMARTS) is 1. The molecule has 0 aliphatic heterocycles. The number of benzene rings is 1. The van der Waals surface area contributed by atoms with Gasteiger partial charge in [0.25, 0.3) is 0 Å². The monoisotopic (exact) mass is 213 g/mol. The summed E-state index contributed by atoms with van der Waals surface area (Å²) in [5.74, 6) is -3.81. The van der Waals surface area contributed by atoms with Crippen LogP contribution in [-0.4, -0.2) is 17.6 Å². The van der Waals surface area contributed by atoms with Gasteiger partial charge in [0.15, 0.2) is 0 Å². The average Bonchev–Trinajstić information content (AvgIpc) is 2.16. The summed E-state index contributed by atoms with van der Waals surface area (Å²) in [7, 11) is 0. The van der Waals surface area contributed by atoms with E-state index in [0.29, 0.717) is 0 Å². The molecule has 5 heteroatoms. The quantitative estimate of drug-likeness (QED) is 0.802. The van der Waals surface area contributed by atoms with Crippen molar-refractivity contribution in [1.29, 1.82) is 0 Å². The van der Waals surface area contributed by atoms with Gasteiger partial charge < -0.3 is 10.8 Å². The first-order chi connectivity index (χ1) is 7.07. The second-order valence-corrected chi connectivity index (χ2v) is 2.77. The number of halogens is 2. The molecule has 0 aliphatic rings. The lowest BCUT2D eigenvalue weighted by molar-refractivity contribution is 0.0686. The number of nitrogens with two attached hydrogens (primary N) is 1. The molecule has 3 N–H and O–H groups in total. The van der Waals surface area contributed by atoms with Crippen LogP contribution in [0.5, 0.6) is 0 Å². The van der Waals surface area contributed by atoms with Crippen molar-refractivity contribution in [1.82, 2.24) is 0 Å². The molecule has 15 heavy (non-hydrogen) atoms. The summed E-state index contributed by atoms with van der Waals surface area (Å²) in [5, 5.41) is 8.57. The molecular formula is C10H9F2NO2. The van der Waals surface area contributed by atoms with E-state index in [1.54, 1.807) is 0 Å². The zero-order valence-corrected chi connectivity index (χ0v) is 7.71. The molecule has 0 heterocycles. The fourth-order valence-electron chi connectivity index (χ4n) is 1.09. The molecule has 0 bridgehead atoms. The number of carboxylic acids is 1. The Hall–Kier alpha value is -1.75. The number of aromatic carboxylic acids is 1. The van der Waals surface area contributed by atoms with Gasteiger partial charge in [0.1, 0.15) is 17.2 Å². The number of carbonyl (C=O) groups is 1. The lowest BCUT2D eigenvalue weighted by Gasteiger charge is -2.02. The topological polar surface area (TPSA) is 63.3 Å². The van der Waals surface area contributed by atoms with E-state index in [0.717, 1.165) is 12.1 Å². The van der Waals surface area contributed by atoms with E-state index >= 15 is 0 Å². The maximum Gasteiger partial charge on any atom is 0.341 e. The van der Waals surface area contributed by atoms with Crippen LogP contribution in [-0.2, 0) is 0 Å². The van der Waals surface area contributed by atoms with Crippen LogP contribution in [0.1, 0.15) is 15.9 Å². The van der Waals surface area contributed by atoms with Crippen molar-refractivity contribution in [2.75, 3.05) is 6.54 Å². The maximum atomic E-state index is 13.4. The van der Waals surface area contributed by atoms with Crippen molar-refractivity contribution in [2.24, 2.45) is 5.73 Å². The van der Waals surface area contributed by atoms with Crippen LogP contribution in [0, 0.1) is 11.6 Å². The summed E-state index contributed by atoms with van der Waals surface area (Å²) in [6.07, 6.45) is 2.75. The highest BCUT2D eigenvalue weighted by Gasteiger charge is 2.18. The summed E-state index contributed by atoms with van der Waals surface area (Å²) >= 11 is 0. The minimum absolute atomic E-state index is 0.000694. The van der Waals surface area contributed by atoms with Crippen LogP contribution in [0.15, 0.2) is 18.2 Å². The third kappa shape index (κ3) is 2.38. The molecule has 0 aliphatic carbocycles. The molecule has 0 saturated carbocycles. The van der Waals surface area contributed by atoms with Crippen LogP contribution in [0.25, 0.3) is 6.08 Å². The number of rotatable bonds is 3. The zero-order valence-electron chi connectivity index (χ0n) is 7.71. The van der Waals surface area contributed by atoms with Gasteiger partial charge in [-0.2, -0.15) is 0 Å². The van der Waals surface area contributed by atoms with Crippen LogP contribution >= 0.6 is 0 Å². The SMILES string of the molecule is NCC=Cc1ccc(F)c(C(=O)O)c1F. The highest BCUT2D eigenvalue weighted by molar-refractivity contribution is 5.89. The Labute approximate surface area is 84.8 Å². The van der Waals surface area contributed by atoms with Crippen LogP contribution < -0.4 is 5.73 Å². The van der Waals surface area contributed by atoms with Crippen LogP contribution in [0.4, 0.5) is 8.78 Å². The smallest absolute Gasteiger partial charge is 0.341 e. The second kappa shape index (κ2) is 4.65. The van der Waals surface area contributed by atoms with Gasteiger partial charge in [-0.25, -0.2) is 13.6 Å². The van der Waals surface area contributed by atoms with Gasteiger partial charge in [-0.05, 0) is 12.1 Å². The van der Waals surface area contributed by atoms with Crippen molar-refractivity contribution in [3.05, 3.63) is 41.0 Å². The Balaban J connectivity index is 3.28. The number of hydrogen-bond acceptors (Lipinski definition) is 2. The fraction of sp³-hybridized carbons (Fsp3) is 0.100. The Morgan fingerprint density at radius 3 is 2.67 bits per heavy atom. The molecular weight excluding hydrogens is 204 g/mol. The fourth-order valence-corrected chi connectivity index (χ4v) is 1.09. The van der Waals surface area contributed by atoms with E-state index in [2.05, 4.69) is 0 Å². The molecule has 0 atom stereocenters. The van der Waals surface area contributed by atoms with Gasteiger partial charge in [-0.1, -0.05) is 12.2 Å². The molecule has 0 amide bonds. The van der Waals surface area contributed by atoms with Crippen molar-refractivity contribution in [3.8, 4) is 0 Å². The van der Waals surface area contributed by atoms with E-state index in [9.17, 15) is 13.6 Å². The van der Waals surface area contributed by atoms with E-state index in [-0.39, 0.29) is 12.1 Å². The van der Waals surface area contributed by atoms with Crippen molar-refractivity contribution >= 4 is 12.0 Å². The first-order valence-electron chi connectivity index (χ1n) is 4.15. The molecule has 3 nitrogen and oxygen atoms in total. The predicted molar refractivity (Wildman–Crippen MR) is 51.4 cm³/mol. The van der Waals surface area contributed by atoms with E-state index in [4.69, 9.17) is 10.8 Å². The summed E-state index contributed by atoms with van der Waals surface area (Å²) in [4.78, 5) is 10.5. The summed E-state index contributed by atoms with van der Waals surface area (Å²) < 4.78 is 26.3. The van der Waals surface area contributed by atoms with E-state index in [1.165, 1.54) is 12.2 Å². The molecule has 0 unspecified atom stereocenters. The third-order valence-electron chi connectivity index (χ3n) is 1.77. The molecule has 0 radical (unpaired) electrons. The van der Waals surface area contributed by atoms with Crippen molar-refractivity contribution < 1.29 is 18.7 Å². The lowest BCUT2D eigenvalue weighted by atomic mass is 10.1. The van der Waals surface area contributed by atoms with Gasteiger partial charge in [-0.3, -0.25) is 0 Å². The zero-order chi connectivity index (χ0) is 11.4. The van der Waals surface area contributed by atoms with Crippen molar-refractivity contribution in [2.45, 2.75) is 0 Å². The molecule has 0 saturated heterocycles. The molecule has 0 spiro atoms. The standard InChI is InChI=1S/C10H9F2NO2/c11-7-4-3-6(2-1-5-13)9(12)8(7)10(14)15/h1-4H,5,13H2,(H,14,15). The normalized spacial score (nSPS) is 10.9. The van der Waals surface area contributed by atoms with Crippen molar-refractivity contribution in [3.63, 3.8) is 0 Å². The summed E-state index contributed by atoms with van der Waals surface area (Å²) in [5.41, 5.74) is 4.20. The van der Waals surface area contributed by atoms with Crippen LogP contribution in [0.3, 0.4) is 0 Å². The average molecular weight is 213 g/mol. The Bertz CT molecular complexity index is 416. The van der Waals surface area contributed by atoms with Gasteiger partial charge in [0.2, 0.25) is 0 Å². The summed E-state index contributed by atoms with van der Waals surface area (Å²) in [6.45, 7) is 0.194. The Kier molecular flexibility index (Phi) is 3.51. The summed E-state index contributed by atoms with van der Waals surface area (Å²) in [6, 6.07) is 2.06. The van der Waals surface area contributed by atoms with Gasteiger partial charge in [-0.15, -0.1) is 0 Å². The van der Waals surface area contributed by atoms with Gasteiger partial charge in [0.05, 0.1) is 0 Å². The highest BCUT2D eigenvalue weighted by atomic mass is 19.1. The van der Waals surface area contributed by atoms with Gasteiger partial charge >= 0.3 is 5.97 Å². The van der Waals surface area contributed by atoms with E-state index in [1.807, 2.05) is 0 Å². The van der Waals surface area contributed by atoms with Gasteiger partial charge in [0, 0.05) is 12.1 Å². The minimum Gasteiger partial charge on any atom is -0.477 e. The second-order valence-electron chi connectivity index (χ2n) is 2.77. The Morgan fingerprint density at radius 1 is 1.47 bits per heavy atom. The molecule has 1 rings (SSSR count). The number of hydrogen-bond donors (Lipinski definition) is 2. The molecule has 80 valence electrons. The first kappa shape index (κ1) is 11.3. The molecule has 0 aromatic heterocycles. The third-order valence-corrected chi connectivity index (χ3v) is 1.77. The maximum absolute atomic E-state index is 13.4. The van der Waals surface area contributed by atoms with Crippen LogP contribution in [0.2, 0.25) is 0 Å². The minimum atomic E-state index is -1.63. The lowest BCUT2D eigenvalue weighted by Crippen LogP contribution is -2.06. The highest BCUT2D eigenvalue weighted by Crippen LogP contribution is 2.18.